The predicted octanol–water partition coefficient (Wildman–Crippen LogP) is 4.08. The van der Waals surface area contributed by atoms with E-state index in [1.807, 2.05) is 0 Å². The van der Waals surface area contributed by atoms with Gasteiger partial charge in [0.2, 0.25) is 5.91 Å². The van der Waals surface area contributed by atoms with Crippen molar-refractivity contribution >= 4 is 28.8 Å². The Morgan fingerprint density at radius 2 is 1.93 bits per heavy atom. The zero-order valence-corrected chi connectivity index (χ0v) is 15.0. The van der Waals surface area contributed by atoms with Crippen LogP contribution in [0.2, 0.25) is 0 Å². The molecule has 2 N–H and O–H groups in total. The van der Waals surface area contributed by atoms with E-state index in [4.69, 9.17) is 0 Å². The lowest BCUT2D eigenvalue weighted by atomic mass is 10.0. The molecule has 6 heteroatoms. The van der Waals surface area contributed by atoms with E-state index in [1.165, 1.54) is 18.2 Å². The number of anilines is 1. The standard InChI is InChI=1S/C21H19FN2O3/c1-12(2)21(27)24-18-9-15(11-25)20(26)19-17(18)8-14(10-23-19)7-13-3-5-16(22)6-4-13/h3-6,8-12,26H,7H2,1-2H3,(H,24,27). The summed E-state index contributed by atoms with van der Waals surface area (Å²) in [5, 5.41) is 13.6. The minimum Gasteiger partial charge on any atom is -0.505 e. The minimum atomic E-state index is -0.305. The number of phenolic OH excluding ortho intramolecular Hbond substituents is 1. The third kappa shape index (κ3) is 3.95. The molecule has 0 saturated heterocycles. The molecule has 0 unspecified atom stereocenters. The highest BCUT2D eigenvalue weighted by atomic mass is 19.1. The number of carbonyl (C=O) groups is 2. The zero-order valence-electron chi connectivity index (χ0n) is 15.0. The van der Waals surface area contributed by atoms with Gasteiger partial charge in [0.25, 0.3) is 0 Å². The van der Waals surface area contributed by atoms with E-state index < -0.39 is 0 Å². The molecule has 0 atom stereocenters. The number of rotatable bonds is 5. The van der Waals surface area contributed by atoms with Gasteiger partial charge in [-0.15, -0.1) is 0 Å². The smallest absolute Gasteiger partial charge is 0.226 e. The summed E-state index contributed by atoms with van der Waals surface area (Å²) in [7, 11) is 0. The normalized spacial score (nSPS) is 11.0. The van der Waals surface area contributed by atoms with E-state index in [-0.39, 0.29) is 34.5 Å². The number of amides is 1. The van der Waals surface area contributed by atoms with Crippen molar-refractivity contribution in [2.75, 3.05) is 5.32 Å². The largest absolute Gasteiger partial charge is 0.505 e. The second-order valence-electron chi connectivity index (χ2n) is 6.67. The average molecular weight is 366 g/mol. The molecule has 2 aromatic carbocycles. The molecule has 1 aromatic heterocycles. The summed E-state index contributed by atoms with van der Waals surface area (Å²) in [4.78, 5) is 27.7. The summed E-state index contributed by atoms with van der Waals surface area (Å²) in [6.45, 7) is 3.52. The lowest BCUT2D eigenvalue weighted by Crippen LogP contribution is -2.18. The number of phenols is 1. The summed E-state index contributed by atoms with van der Waals surface area (Å²) in [6.07, 6.45) is 2.62. The number of pyridine rings is 1. The molecule has 3 aromatic rings. The van der Waals surface area contributed by atoms with E-state index in [0.717, 1.165) is 11.1 Å². The summed E-state index contributed by atoms with van der Waals surface area (Å²) in [5.41, 5.74) is 2.44. The number of fused-ring (bicyclic) bond motifs is 1. The molecule has 0 radical (unpaired) electrons. The third-order valence-corrected chi connectivity index (χ3v) is 4.26. The summed E-state index contributed by atoms with van der Waals surface area (Å²) in [5.74, 6) is -0.983. The highest BCUT2D eigenvalue weighted by Crippen LogP contribution is 2.33. The second-order valence-corrected chi connectivity index (χ2v) is 6.67. The number of aromatic nitrogens is 1. The average Bonchev–Trinajstić information content (AvgIpc) is 2.65. The van der Waals surface area contributed by atoms with E-state index in [9.17, 15) is 19.1 Å². The van der Waals surface area contributed by atoms with Gasteiger partial charge in [-0.1, -0.05) is 26.0 Å². The zero-order chi connectivity index (χ0) is 19.6. The van der Waals surface area contributed by atoms with Gasteiger partial charge in [0.15, 0.2) is 12.0 Å². The van der Waals surface area contributed by atoms with Crippen LogP contribution >= 0.6 is 0 Å². The van der Waals surface area contributed by atoms with E-state index in [2.05, 4.69) is 10.3 Å². The van der Waals surface area contributed by atoms with Gasteiger partial charge in [0.05, 0.1) is 11.3 Å². The second kappa shape index (κ2) is 7.53. The molecule has 0 aliphatic rings. The summed E-state index contributed by atoms with van der Waals surface area (Å²) < 4.78 is 13.1. The molecular formula is C21H19FN2O3. The first-order chi connectivity index (χ1) is 12.9. The van der Waals surface area contributed by atoms with Crippen molar-refractivity contribution < 1.29 is 19.1 Å². The maximum Gasteiger partial charge on any atom is 0.226 e. The van der Waals surface area contributed by atoms with Crippen molar-refractivity contribution in [3.05, 3.63) is 65.1 Å². The number of halogens is 1. The maximum absolute atomic E-state index is 13.1. The van der Waals surface area contributed by atoms with Gasteiger partial charge in [-0.25, -0.2) is 4.39 Å². The summed E-state index contributed by atoms with van der Waals surface area (Å²) >= 11 is 0. The van der Waals surface area contributed by atoms with Crippen molar-refractivity contribution in [1.29, 1.82) is 0 Å². The molecular weight excluding hydrogens is 347 g/mol. The monoisotopic (exact) mass is 366 g/mol. The molecule has 27 heavy (non-hydrogen) atoms. The first-order valence-electron chi connectivity index (χ1n) is 8.54. The van der Waals surface area contributed by atoms with Crippen LogP contribution in [0.5, 0.6) is 5.75 Å². The van der Waals surface area contributed by atoms with Crippen LogP contribution in [0, 0.1) is 11.7 Å². The Balaban J connectivity index is 2.08. The Kier molecular flexibility index (Phi) is 5.16. The first-order valence-corrected chi connectivity index (χ1v) is 8.54. The number of hydrogen-bond donors (Lipinski definition) is 2. The lowest BCUT2D eigenvalue weighted by Gasteiger charge is -2.14. The van der Waals surface area contributed by atoms with Crippen LogP contribution in [0.1, 0.15) is 35.3 Å². The van der Waals surface area contributed by atoms with Crippen LogP contribution in [0.25, 0.3) is 10.9 Å². The van der Waals surface area contributed by atoms with Gasteiger partial charge in [0, 0.05) is 17.5 Å². The van der Waals surface area contributed by atoms with E-state index >= 15 is 0 Å². The minimum absolute atomic E-state index is 0.0559. The number of carbonyl (C=O) groups excluding carboxylic acids is 2. The van der Waals surface area contributed by atoms with Crippen LogP contribution in [-0.2, 0) is 11.2 Å². The van der Waals surface area contributed by atoms with Crippen molar-refractivity contribution in [3.8, 4) is 5.75 Å². The Morgan fingerprint density at radius 1 is 1.22 bits per heavy atom. The molecule has 5 nitrogen and oxygen atoms in total. The number of aldehydes is 1. The molecule has 0 spiro atoms. The van der Waals surface area contributed by atoms with Crippen LogP contribution in [0.4, 0.5) is 10.1 Å². The molecule has 138 valence electrons. The molecule has 0 aliphatic heterocycles. The molecule has 3 rings (SSSR count). The van der Waals surface area contributed by atoms with Crippen molar-refractivity contribution in [2.24, 2.45) is 5.92 Å². The van der Waals surface area contributed by atoms with Crippen LogP contribution in [-0.4, -0.2) is 22.3 Å². The molecule has 0 bridgehead atoms. The molecule has 0 aliphatic carbocycles. The number of hydrogen-bond acceptors (Lipinski definition) is 4. The SMILES string of the molecule is CC(C)C(=O)Nc1cc(C=O)c(O)c2ncc(Cc3ccc(F)cc3)cc12. The van der Waals surface area contributed by atoms with Crippen LogP contribution in [0.15, 0.2) is 42.6 Å². The molecule has 0 fully saturated rings. The van der Waals surface area contributed by atoms with Gasteiger partial charge < -0.3 is 10.4 Å². The van der Waals surface area contributed by atoms with Gasteiger partial charge in [0.1, 0.15) is 11.3 Å². The van der Waals surface area contributed by atoms with Crippen molar-refractivity contribution in [1.82, 2.24) is 4.98 Å². The van der Waals surface area contributed by atoms with Gasteiger partial charge in [-0.3, -0.25) is 14.6 Å². The highest BCUT2D eigenvalue weighted by molar-refractivity contribution is 6.06. The number of nitrogens with zero attached hydrogens (tertiary/aromatic N) is 1. The topological polar surface area (TPSA) is 79.3 Å². The molecule has 0 saturated carbocycles. The predicted molar refractivity (Wildman–Crippen MR) is 101 cm³/mol. The third-order valence-electron chi connectivity index (χ3n) is 4.26. The maximum atomic E-state index is 13.1. The van der Waals surface area contributed by atoms with Crippen molar-refractivity contribution in [3.63, 3.8) is 0 Å². The Labute approximate surface area is 155 Å². The number of benzene rings is 2. The Bertz CT molecular complexity index is 1010. The molecule has 1 heterocycles. The fourth-order valence-corrected chi connectivity index (χ4v) is 2.75. The van der Waals surface area contributed by atoms with Crippen LogP contribution < -0.4 is 5.32 Å². The van der Waals surface area contributed by atoms with Crippen LogP contribution in [0.3, 0.4) is 0 Å². The Hall–Kier alpha value is -3.28. The van der Waals surface area contributed by atoms with Gasteiger partial charge >= 0.3 is 0 Å². The molecule has 1 amide bonds. The van der Waals surface area contributed by atoms with Crippen molar-refractivity contribution in [2.45, 2.75) is 20.3 Å². The lowest BCUT2D eigenvalue weighted by molar-refractivity contribution is -0.118. The number of nitrogens with one attached hydrogen (secondary N) is 1. The van der Waals surface area contributed by atoms with Gasteiger partial charge in [-0.2, -0.15) is 0 Å². The van der Waals surface area contributed by atoms with Gasteiger partial charge in [-0.05, 0) is 41.8 Å². The fraction of sp³-hybridized carbons (Fsp3) is 0.190. The van der Waals surface area contributed by atoms with E-state index in [1.54, 1.807) is 38.2 Å². The number of aromatic hydroxyl groups is 1. The fourth-order valence-electron chi connectivity index (χ4n) is 2.75. The quantitative estimate of drug-likeness (QED) is 0.527. The first kappa shape index (κ1) is 18.5. The summed E-state index contributed by atoms with van der Waals surface area (Å²) in [6, 6.07) is 9.40. The highest BCUT2D eigenvalue weighted by Gasteiger charge is 2.16. The Morgan fingerprint density at radius 3 is 2.56 bits per heavy atom. The van der Waals surface area contributed by atoms with E-state index in [0.29, 0.717) is 23.8 Å².